The van der Waals surface area contributed by atoms with E-state index in [-0.39, 0.29) is 31.1 Å². The highest BCUT2D eigenvalue weighted by Crippen LogP contribution is 2.17. The van der Waals surface area contributed by atoms with Crippen LogP contribution in [0, 0.1) is 0 Å². The Balaban J connectivity index is 4.19. The Morgan fingerprint density at radius 1 is 0.241 bits per heavy atom. The molecule has 0 heterocycles. The molecule has 0 bridgehead atoms. The Bertz CT molecular complexity index is 1570. The third-order valence-corrected chi connectivity index (χ3v) is 15.8. The second kappa shape index (κ2) is 71.1. The molecule has 480 valence electrons. The van der Waals surface area contributed by atoms with Crippen LogP contribution >= 0.6 is 0 Å². The second-order valence-electron chi connectivity index (χ2n) is 24.1. The van der Waals surface area contributed by atoms with E-state index >= 15 is 0 Å². The summed E-state index contributed by atoms with van der Waals surface area (Å²) in [5.74, 6) is -0.886. The molecule has 0 amide bonds. The van der Waals surface area contributed by atoms with Crippen LogP contribution in [0.3, 0.4) is 0 Å². The summed E-state index contributed by atoms with van der Waals surface area (Å²) >= 11 is 0. The normalized spacial score (nSPS) is 12.6. The van der Waals surface area contributed by atoms with Crippen molar-refractivity contribution < 1.29 is 28.6 Å². The smallest absolute Gasteiger partial charge is 0.306 e. The molecule has 0 N–H and O–H groups in total. The van der Waals surface area contributed by atoms with Crippen LogP contribution in [0.15, 0.2) is 85.1 Å². The van der Waals surface area contributed by atoms with Crippen LogP contribution in [0.25, 0.3) is 0 Å². The van der Waals surface area contributed by atoms with E-state index in [1.165, 1.54) is 225 Å². The molecule has 0 aliphatic carbocycles. The molecule has 0 aromatic rings. The number of carbonyl (C=O) groups excluding carboxylic acids is 3. The van der Waals surface area contributed by atoms with Gasteiger partial charge < -0.3 is 14.2 Å². The molecule has 0 aliphatic rings. The van der Waals surface area contributed by atoms with Gasteiger partial charge in [0.25, 0.3) is 0 Å². The van der Waals surface area contributed by atoms with Gasteiger partial charge >= 0.3 is 17.9 Å². The number of esters is 3. The first-order chi connectivity index (χ1) is 41.0. The van der Waals surface area contributed by atoms with Gasteiger partial charge in [0.2, 0.25) is 0 Å². The molecule has 0 spiro atoms. The van der Waals surface area contributed by atoms with Gasteiger partial charge in [-0.25, -0.2) is 0 Å². The molecule has 6 heteroatoms. The highest BCUT2D eigenvalue weighted by Gasteiger charge is 2.19. The number of unbranched alkanes of at least 4 members (excludes halogenated alkanes) is 41. The van der Waals surface area contributed by atoms with Crippen LogP contribution in [-0.2, 0) is 28.6 Å². The molecule has 0 radical (unpaired) electrons. The predicted molar refractivity (Wildman–Crippen MR) is 362 cm³/mol. The Morgan fingerprint density at radius 2 is 0.446 bits per heavy atom. The Morgan fingerprint density at radius 3 is 0.723 bits per heavy atom. The lowest BCUT2D eigenvalue weighted by molar-refractivity contribution is -0.167. The average Bonchev–Trinajstić information content (AvgIpc) is 3.50. The summed E-state index contributed by atoms with van der Waals surface area (Å²) < 4.78 is 17.0. The van der Waals surface area contributed by atoms with E-state index in [9.17, 15) is 14.4 Å². The molecule has 1 atom stereocenters. The number of hydrogen-bond donors (Lipinski definition) is 0. The zero-order chi connectivity index (χ0) is 59.9. The topological polar surface area (TPSA) is 78.9 Å². The second-order valence-corrected chi connectivity index (χ2v) is 24.1. The molecule has 1 unspecified atom stereocenters. The Kier molecular flexibility index (Phi) is 68.2. The van der Waals surface area contributed by atoms with Gasteiger partial charge in [0, 0.05) is 19.3 Å². The summed E-state index contributed by atoms with van der Waals surface area (Å²) in [6, 6.07) is 0. The lowest BCUT2D eigenvalue weighted by Gasteiger charge is -2.18. The monoisotopic (exact) mass is 1160 g/mol. The Hall–Kier alpha value is -3.41. The molecule has 0 aromatic carbocycles. The van der Waals surface area contributed by atoms with E-state index in [1.54, 1.807) is 0 Å². The van der Waals surface area contributed by atoms with Gasteiger partial charge in [-0.3, -0.25) is 14.4 Å². The Labute approximate surface area is 515 Å². The maximum absolute atomic E-state index is 12.9. The first kappa shape index (κ1) is 79.6. The molecular weight excluding hydrogens is 1020 g/mol. The standard InChI is InChI=1S/C77H136O6/c1-4-7-10-13-16-19-22-25-28-30-32-33-34-35-36-37-38-39-40-41-42-43-44-45-46-48-49-52-55-58-61-64-67-70-76(79)82-73-74(72-81-75(78)69-66-63-60-57-54-51-27-24-21-18-15-12-9-6-3)83-77(80)71-68-65-62-59-56-53-50-47-31-29-26-23-20-17-14-11-8-5-2/h15,18,20,22-25,27,29-32,34-35,74H,4-14,16-17,19,21,26,28,33,36-73H2,1-3H3/b18-15-,23-20-,25-22-,27-24-,31-29-,32-30-,35-34-. The molecule has 0 saturated carbocycles. The van der Waals surface area contributed by atoms with Gasteiger partial charge in [-0.1, -0.05) is 318 Å². The molecule has 6 nitrogen and oxygen atoms in total. The van der Waals surface area contributed by atoms with Crippen LogP contribution < -0.4 is 0 Å². The first-order valence-corrected chi connectivity index (χ1v) is 36.1. The van der Waals surface area contributed by atoms with Gasteiger partial charge in [0.15, 0.2) is 6.10 Å². The molecule has 0 saturated heterocycles. The number of carbonyl (C=O) groups is 3. The van der Waals surface area contributed by atoms with E-state index < -0.39 is 6.10 Å². The van der Waals surface area contributed by atoms with Crippen molar-refractivity contribution in [3.8, 4) is 0 Å². The van der Waals surface area contributed by atoms with Crippen molar-refractivity contribution in [3.63, 3.8) is 0 Å². The van der Waals surface area contributed by atoms with Crippen molar-refractivity contribution in [1.29, 1.82) is 0 Å². The fraction of sp³-hybridized carbons (Fsp3) is 0.779. The SMILES string of the molecule is CCCC/C=C\C/C=C\CCCCCCCC(=O)OCC(COC(=O)CCCCCCCCCCCCCCCCCCCC/C=C\C/C=C\C/C=C\CCCCCCC)OC(=O)CCCCCCCCC/C=C\C/C=C\CCCCCC. The fourth-order valence-electron chi connectivity index (χ4n) is 10.4. The third-order valence-electron chi connectivity index (χ3n) is 15.8. The van der Waals surface area contributed by atoms with Crippen LogP contribution in [0.2, 0.25) is 0 Å². The van der Waals surface area contributed by atoms with E-state index in [4.69, 9.17) is 14.2 Å². The molecule has 83 heavy (non-hydrogen) atoms. The van der Waals surface area contributed by atoms with Crippen LogP contribution in [0.5, 0.6) is 0 Å². The van der Waals surface area contributed by atoms with Gasteiger partial charge in [-0.05, 0) is 116 Å². The predicted octanol–water partition coefficient (Wildman–Crippen LogP) is 25.0. The van der Waals surface area contributed by atoms with E-state index in [1.807, 2.05) is 0 Å². The summed E-state index contributed by atoms with van der Waals surface area (Å²) in [7, 11) is 0. The quantitative estimate of drug-likeness (QED) is 0.0261. The minimum Gasteiger partial charge on any atom is -0.462 e. The van der Waals surface area contributed by atoms with Gasteiger partial charge in [0.1, 0.15) is 13.2 Å². The zero-order valence-electron chi connectivity index (χ0n) is 55.2. The molecule has 0 aliphatic heterocycles. The van der Waals surface area contributed by atoms with Crippen molar-refractivity contribution >= 4 is 17.9 Å². The molecular formula is C77H136O6. The van der Waals surface area contributed by atoms with Gasteiger partial charge in [-0.2, -0.15) is 0 Å². The summed E-state index contributed by atoms with van der Waals surface area (Å²) in [6.07, 6.45) is 94.8. The number of hydrogen-bond acceptors (Lipinski definition) is 6. The first-order valence-electron chi connectivity index (χ1n) is 36.1. The largest absolute Gasteiger partial charge is 0.462 e. The third kappa shape index (κ3) is 69.3. The maximum atomic E-state index is 12.9. The fourth-order valence-corrected chi connectivity index (χ4v) is 10.4. The van der Waals surface area contributed by atoms with E-state index in [0.717, 1.165) is 103 Å². The van der Waals surface area contributed by atoms with Crippen LogP contribution in [0.1, 0.15) is 367 Å². The number of ether oxygens (including phenoxy) is 3. The van der Waals surface area contributed by atoms with Crippen molar-refractivity contribution in [2.24, 2.45) is 0 Å². The highest BCUT2D eigenvalue weighted by molar-refractivity contribution is 5.71. The zero-order valence-corrected chi connectivity index (χ0v) is 55.2. The summed E-state index contributed by atoms with van der Waals surface area (Å²) in [6.45, 7) is 6.60. The number of allylic oxidation sites excluding steroid dienone is 14. The van der Waals surface area contributed by atoms with Crippen molar-refractivity contribution in [3.05, 3.63) is 85.1 Å². The van der Waals surface area contributed by atoms with Crippen molar-refractivity contribution in [2.75, 3.05) is 13.2 Å². The number of rotatable bonds is 66. The minimum atomic E-state index is -0.787. The van der Waals surface area contributed by atoms with Crippen LogP contribution in [0.4, 0.5) is 0 Å². The van der Waals surface area contributed by atoms with E-state index in [2.05, 4.69) is 106 Å². The summed E-state index contributed by atoms with van der Waals surface area (Å²) in [5.41, 5.74) is 0. The lowest BCUT2D eigenvalue weighted by Crippen LogP contribution is -2.30. The lowest BCUT2D eigenvalue weighted by atomic mass is 10.0. The minimum absolute atomic E-state index is 0.0813. The van der Waals surface area contributed by atoms with Crippen LogP contribution in [-0.4, -0.2) is 37.2 Å². The summed E-state index contributed by atoms with van der Waals surface area (Å²) in [5, 5.41) is 0. The van der Waals surface area contributed by atoms with Crippen molar-refractivity contribution in [2.45, 2.75) is 374 Å². The van der Waals surface area contributed by atoms with E-state index in [0.29, 0.717) is 19.3 Å². The summed E-state index contributed by atoms with van der Waals surface area (Å²) in [4.78, 5) is 38.4. The average molecular weight is 1160 g/mol. The van der Waals surface area contributed by atoms with Gasteiger partial charge in [-0.15, -0.1) is 0 Å². The molecule has 0 fully saturated rings. The maximum Gasteiger partial charge on any atom is 0.306 e. The van der Waals surface area contributed by atoms with Crippen molar-refractivity contribution in [1.82, 2.24) is 0 Å². The van der Waals surface area contributed by atoms with Gasteiger partial charge in [0.05, 0.1) is 0 Å². The highest BCUT2D eigenvalue weighted by atomic mass is 16.6. The molecule has 0 aromatic heterocycles. The molecule has 0 rings (SSSR count).